The highest BCUT2D eigenvalue weighted by Crippen LogP contribution is 2.33. The second-order valence-electron chi connectivity index (χ2n) is 6.54. The van der Waals surface area contributed by atoms with E-state index in [2.05, 4.69) is 25.6 Å². The Hall–Kier alpha value is -2.74. The van der Waals surface area contributed by atoms with Gasteiger partial charge in [0, 0.05) is 24.9 Å². The van der Waals surface area contributed by atoms with E-state index in [1.807, 2.05) is 0 Å². The van der Waals surface area contributed by atoms with Crippen LogP contribution >= 0.6 is 34.8 Å². The van der Waals surface area contributed by atoms with E-state index in [1.54, 1.807) is 48.8 Å². The molecule has 0 fully saturated rings. The van der Waals surface area contributed by atoms with E-state index >= 15 is 0 Å². The molecule has 154 valence electrons. The predicted octanol–water partition coefficient (Wildman–Crippen LogP) is 5.28. The van der Waals surface area contributed by atoms with Crippen molar-refractivity contribution in [1.29, 1.82) is 0 Å². The van der Waals surface area contributed by atoms with Gasteiger partial charge >= 0.3 is 0 Å². The molecule has 1 aliphatic rings. The molecule has 0 saturated heterocycles. The Morgan fingerprint density at radius 2 is 2.03 bits per heavy atom. The number of anilines is 2. The number of rotatable bonds is 5. The summed E-state index contributed by atoms with van der Waals surface area (Å²) < 4.78 is 5.40. The number of methoxy groups -OCH3 is 1. The lowest BCUT2D eigenvalue weighted by molar-refractivity contribution is 0.0935. The maximum Gasteiger partial charge on any atom is 0.256 e. The Morgan fingerprint density at radius 3 is 2.70 bits per heavy atom. The Labute approximate surface area is 187 Å². The molecule has 10 heteroatoms. The molecule has 0 radical (unpaired) electrons. The maximum atomic E-state index is 12.9. The van der Waals surface area contributed by atoms with Gasteiger partial charge in [0.2, 0.25) is 5.95 Å². The molecule has 1 atom stereocenters. The molecule has 7 nitrogen and oxygen atoms in total. The van der Waals surface area contributed by atoms with Crippen LogP contribution in [0.3, 0.4) is 0 Å². The summed E-state index contributed by atoms with van der Waals surface area (Å²) in [6, 6.07) is 8.50. The molecule has 4 rings (SSSR count). The lowest BCUT2D eigenvalue weighted by Gasteiger charge is -2.25. The number of carbonyl (C=O) groups excluding carboxylic acids is 1. The second-order valence-corrected chi connectivity index (χ2v) is 8.03. The lowest BCUT2D eigenvalue weighted by atomic mass is 10.1. The van der Waals surface area contributed by atoms with E-state index in [9.17, 15) is 4.79 Å². The van der Waals surface area contributed by atoms with E-state index in [4.69, 9.17) is 39.5 Å². The number of amides is 1. The SMILES string of the molecule is COc1cc2nc(Nc3c(Cl)cccc3Cl)[nH]c2cc1C(=O)NC1(Cl)C=CN=CC1. The fraction of sp³-hybridized carbons (Fsp3) is 0.150. The number of aromatic nitrogens is 2. The number of benzene rings is 2. The van der Waals surface area contributed by atoms with Crippen molar-refractivity contribution in [2.75, 3.05) is 12.4 Å². The van der Waals surface area contributed by atoms with E-state index in [0.29, 0.717) is 50.4 Å². The summed E-state index contributed by atoms with van der Waals surface area (Å²) in [6.45, 7) is 0. The molecule has 1 amide bonds. The maximum absolute atomic E-state index is 12.9. The molecular weight excluding hydrogens is 449 g/mol. The first-order valence-electron chi connectivity index (χ1n) is 8.88. The predicted molar refractivity (Wildman–Crippen MR) is 121 cm³/mol. The summed E-state index contributed by atoms with van der Waals surface area (Å²) in [7, 11) is 1.48. The number of ether oxygens (including phenoxy) is 1. The highest BCUT2D eigenvalue weighted by molar-refractivity contribution is 6.39. The summed E-state index contributed by atoms with van der Waals surface area (Å²) in [5, 5.41) is 6.78. The van der Waals surface area contributed by atoms with Crippen molar-refractivity contribution in [3.8, 4) is 5.75 Å². The molecule has 0 bridgehead atoms. The highest BCUT2D eigenvalue weighted by atomic mass is 35.5. The minimum absolute atomic E-state index is 0.312. The topological polar surface area (TPSA) is 91.4 Å². The van der Waals surface area contributed by atoms with Crippen molar-refractivity contribution in [3.63, 3.8) is 0 Å². The molecule has 1 aliphatic heterocycles. The third-order valence-corrected chi connectivity index (χ3v) is 5.50. The number of carbonyl (C=O) groups is 1. The number of aliphatic imine (C=N–C) groups is 1. The normalized spacial score (nSPS) is 17.9. The third kappa shape index (κ3) is 4.09. The average Bonchev–Trinajstić information content (AvgIpc) is 3.11. The minimum Gasteiger partial charge on any atom is -0.496 e. The van der Waals surface area contributed by atoms with Gasteiger partial charge in [0.1, 0.15) is 10.7 Å². The first kappa shape index (κ1) is 20.5. The number of alkyl halides is 1. The number of hydrogen-bond donors (Lipinski definition) is 3. The van der Waals surface area contributed by atoms with E-state index in [0.717, 1.165) is 0 Å². The summed E-state index contributed by atoms with van der Waals surface area (Å²) in [6.07, 6.45) is 5.19. The molecule has 3 aromatic rings. The molecule has 3 N–H and O–H groups in total. The zero-order valence-electron chi connectivity index (χ0n) is 15.7. The van der Waals surface area contributed by atoms with E-state index in [-0.39, 0.29) is 5.91 Å². The molecule has 2 aromatic carbocycles. The average molecular weight is 465 g/mol. The summed E-state index contributed by atoms with van der Waals surface area (Å²) in [5.41, 5.74) is 2.06. The number of nitrogens with zero attached hydrogens (tertiary/aromatic N) is 2. The van der Waals surface area contributed by atoms with Gasteiger partial charge in [0.25, 0.3) is 5.91 Å². The number of para-hydroxylation sites is 1. The number of fused-ring (bicyclic) bond motifs is 1. The molecule has 0 saturated carbocycles. The molecule has 2 heterocycles. The Bertz CT molecular complexity index is 1170. The molecule has 1 aromatic heterocycles. The van der Waals surface area contributed by atoms with Crippen LogP contribution < -0.4 is 15.4 Å². The fourth-order valence-corrected chi connectivity index (χ4v) is 3.71. The summed E-state index contributed by atoms with van der Waals surface area (Å²) in [4.78, 5) is 23.4. The van der Waals surface area contributed by atoms with Gasteiger partial charge in [-0.2, -0.15) is 0 Å². The van der Waals surface area contributed by atoms with Crippen molar-refractivity contribution < 1.29 is 9.53 Å². The van der Waals surface area contributed by atoms with Crippen molar-refractivity contribution in [2.24, 2.45) is 4.99 Å². The number of halogens is 3. The first-order valence-corrected chi connectivity index (χ1v) is 10.0. The Kier molecular flexibility index (Phi) is 5.60. The van der Waals surface area contributed by atoms with E-state index in [1.165, 1.54) is 7.11 Å². The largest absolute Gasteiger partial charge is 0.496 e. The molecule has 0 spiro atoms. The zero-order chi connectivity index (χ0) is 21.3. The molecular formula is C20H16Cl3N5O2. The van der Waals surface area contributed by atoms with Gasteiger partial charge in [0.15, 0.2) is 0 Å². The van der Waals surface area contributed by atoms with Gasteiger partial charge in [-0.25, -0.2) is 4.98 Å². The monoisotopic (exact) mass is 463 g/mol. The van der Waals surface area contributed by atoms with Gasteiger partial charge in [0.05, 0.1) is 39.4 Å². The van der Waals surface area contributed by atoms with Gasteiger partial charge < -0.3 is 20.4 Å². The van der Waals surface area contributed by atoms with Gasteiger partial charge in [-0.15, -0.1) is 0 Å². The quantitative estimate of drug-likeness (QED) is 0.354. The molecule has 0 aliphatic carbocycles. The van der Waals surface area contributed by atoms with Crippen LogP contribution in [0.25, 0.3) is 11.0 Å². The van der Waals surface area contributed by atoms with Crippen LogP contribution in [0.1, 0.15) is 16.8 Å². The van der Waals surface area contributed by atoms with E-state index < -0.39 is 5.00 Å². The number of imidazole rings is 1. The summed E-state index contributed by atoms with van der Waals surface area (Å²) in [5.74, 6) is 0.393. The van der Waals surface area contributed by atoms with Gasteiger partial charge in [-0.3, -0.25) is 9.79 Å². The Morgan fingerprint density at radius 1 is 1.27 bits per heavy atom. The Balaban J connectivity index is 1.66. The number of H-pyrrole nitrogens is 1. The van der Waals surface area contributed by atoms with Crippen molar-refractivity contribution in [2.45, 2.75) is 11.4 Å². The zero-order valence-corrected chi connectivity index (χ0v) is 17.9. The van der Waals surface area contributed by atoms with Crippen LogP contribution in [0.4, 0.5) is 11.6 Å². The standard InChI is InChI=1S/C20H16Cl3N5O2/c1-30-16-10-15-14(9-11(16)18(29)28-20(23)5-7-24-8-6-20)25-19(26-15)27-17-12(21)3-2-4-13(17)22/h2-5,7-10H,6H2,1H3,(H,28,29)(H2,25,26,27). The van der Waals surface area contributed by atoms with Crippen molar-refractivity contribution in [1.82, 2.24) is 15.3 Å². The number of aromatic amines is 1. The van der Waals surface area contributed by atoms with Crippen LogP contribution in [-0.2, 0) is 0 Å². The number of nitrogens with one attached hydrogen (secondary N) is 3. The van der Waals surface area contributed by atoms with Crippen LogP contribution in [0.15, 0.2) is 47.6 Å². The highest BCUT2D eigenvalue weighted by Gasteiger charge is 2.28. The van der Waals surface area contributed by atoms with Crippen LogP contribution in [-0.4, -0.2) is 34.2 Å². The van der Waals surface area contributed by atoms with Crippen LogP contribution in [0, 0.1) is 0 Å². The van der Waals surface area contributed by atoms with Crippen LogP contribution in [0.5, 0.6) is 5.75 Å². The molecule has 1 unspecified atom stereocenters. The van der Waals surface area contributed by atoms with Crippen LogP contribution in [0.2, 0.25) is 10.0 Å². The lowest BCUT2D eigenvalue weighted by Crippen LogP contribution is -2.43. The third-order valence-electron chi connectivity index (χ3n) is 4.49. The number of hydrogen-bond acceptors (Lipinski definition) is 5. The van der Waals surface area contributed by atoms with Crippen molar-refractivity contribution in [3.05, 3.63) is 58.2 Å². The first-order chi connectivity index (χ1) is 14.4. The smallest absolute Gasteiger partial charge is 0.256 e. The second kappa shape index (κ2) is 8.18. The minimum atomic E-state index is -1.04. The van der Waals surface area contributed by atoms with Gasteiger partial charge in [-0.1, -0.05) is 40.9 Å². The van der Waals surface area contributed by atoms with Crippen molar-refractivity contribution >= 4 is 69.6 Å². The van der Waals surface area contributed by atoms with Gasteiger partial charge in [-0.05, 0) is 24.3 Å². The summed E-state index contributed by atoms with van der Waals surface area (Å²) >= 11 is 18.9. The molecule has 30 heavy (non-hydrogen) atoms. The fourth-order valence-electron chi connectivity index (χ4n) is 3.00.